The molecule has 0 atom stereocenters. The van der Waals surface area contributed by atoms with Crippen molar-refractivity contribution in [2.24, 2.45) is 0 Å². The Balaban J connectivity index is 0.00000110. The Kier molecular flexibility index (Phi) is 10.3. The van der Waals surface area contributed by atoms with Crippen molar-refractivity contribution in [2.45, 2.75) is 58.3 Å². The molecule has 1 rings (SSSR count). The van der Waals surface area contributed by atoms with Gasteiger partial charge in [0.05, 0.1) is 0 Å². The molecule has 0 N–H and O–H groups in total. The van der Waals surface area contributed by atoms with Gasteiger partial charge in [-0.2, -0.15) is 0 Å². The Hall–Kier alpha value is 0.944. The van der Waals surface area contributed by atoms with E-state index in [2.05, 4.69) is 70.9 Å². The first kappa shape index (κ1) is 20.9. The maximum absolute atomic E-state index is 4.70. The summed E-state index contributed by atoms with van der Waals surface area (Å²) in [6, 6.07) is 4.34. The van der Waals surface area contributed by atoms with Gasteiger partial charge in [-0.15, -0.1) is 11.3 Å². The Morgan fingerprint density at radius 3 is 2.00 bits per heavy atom. The van der Waals surface area contributed by atoms with E-state index in [0.717, 1.165) is 6.42 Å². The van der Waals surface area contributed by atoms with Crippen LogP contribution in [0.3, 0.4) is 0 Å². The Morgan fingerprint density at radius 2 is 1.65 bits per heavy atom. The van der Waals surface area contributed by atoms with Crippen LogP contribution in [0.2, 0.25) is 0 Å². The first-order chi connectivity index (χ1) is 9.12. The number of allylic oxidation sites excluding steroid dienone is 1. The molecule has 0 bridgehead atoms. The third-order valence-corrected chi connectivity index (χ3v) is 6.90. The zero-order valence-corrected chi connectivity index (χ0v) is 17.2. The quantitative estimate of drug-likeness (QED) is 0.372. The average molecular weight is 398 g/mol. The molecule has 20 heavy (non-hydrogen) atoms. The number of thiophene rings is 1. The summed E-state index contributed by atoms with van der Waals surface area (Å²) in [6.07, 6.45) is 3.46. The molecule has 1 aromatic heterocycles. The van der Waals surface area contributed by atoms with Gasteiger partial charge in [-0.25, -0.2) is 0 Å². The van der Waals surface area contributed by atoms with E-state index in [1.165, 1.54) is 4.88 Å². The topological polar surface area (TPSA) is 0 Å². The van der Waals surface area contributed by atoms with E-state index < -0.39 is 0 Å². The Bertz CT molecular complexity index is 364. The van der Waals surface area contributed by atoms with E-state index in [0.29, 0.717) is 23.0 Å². The van der Waals surface area contributed by atoms with Crippen LogP contribution in [-0.4, -0.2) is 10.3 Å². The molecule has 1 heterocycles. The number of hydrogen-bond donors (Lipinski definition) is 0. The summed E-state index contributed by atoms with van der Waals surface area (Å²) in [4.78, 5) is 1.46. The number of hydrogen-bond acceptors (Lipinski definition) is 1. The second-order valence-electron chi connectivity index (χ2n) is 6.43. The predicted octanol–water partition coefficient (Wildman–Crippen LogP) is 7.26. The van der Waals surface area contributed by atoms with Crippen LogP contribution in [0.5, 0.6) is 0 Å². The van der Waals surface area contributed by atoms with Gasteiger partial charge in [0.25, 0.3) is 0 Å². The van der Waals surface area contributed by atoms with Gasteiger partial charge >= 0.3 is 33.0 Å². The summed E-state index contributed by atoms with van der Waals surface area (Å²) in [5, 5.41) is 2.93. The minimum absolute atomic E-state index is 0.100. The summed E-state index contributed by atoms with van der Waals surface area (Å²) in [5.41, 5.74) is 0. The van der Waals surface area contributed by atoms with Crippen LogP contribution in [0.4, 0.5) is 0 Å². The van der Waals surface area contributed by atoms with Gasteiger partial charge in [-0.1, -0.05) is 67.4 Å². The molecular formula is C15H25Cl2NiPS. The molecule has 0 amide bonds. The molecule has 0 aliphatic heterocycles. The molecule has 5 heteroatoms. The normalized spacial score (nSPS) is 12.8. The van der Waals surface area contributed by atoms with Crippen LogP contribution >= 0.6 is 39.6 Å². The second kappa shape index (κ2) is 9.86. The third-order valence-electron chi connectivity index (χ3n) is 2.60. The molecule has 120 valence electrons. The van der Waals surface area contributed by atoms with E-state index in [9.17, 15) is 0 Å². The van der Waals surface area contributed by atoms with E-state index in [4.69, 9.17) is 20.4 Å². The first-order valence-corrected chi connectivity index (χ1v) is 11.4. The first-order valence-electron chi connectivity index (χ1n) is 6.43. The van der Waals surface area contributed by atoms with Gasteiger partial charge in [0.2, 0.25) is 0 Å². The predicted molar refractivity (Wildman–Crippen MR) is 95.3 cm³/mol. The van der Waals surface area contributed by atoms with Gasteiger partial charge in [-0.3, -0.25) is 0 Å². The van der Waals surface area contributed by atoms with Crippen LogP contribution in [0.25, 0.3) is 0 Å². The SMILES string of the molecule is CC(C)(C)P(C=CCc1cccs1)C(C)(C)C.[Cl][Ni][Cl]. The van der Waals surface area contributed by atoms with Gasteiger partial charge < -0.3 is 0 Å². The zero-order valence-electron chi connectivity index (χ0n) is 13.0. The standard InChI is InChI=1S/C15H25PS.2ClH.Ni/c1-14(2,3)16(15(4,5)6)11-7-9-13-10-8-12-17-13;;;/h7-8,10-12H,9H2,1-6H3;2*1H;/q;;;+2/p-2. The molecule has 0 unspecified atom stereocenters. The molecular weight excluding hydrogens is 373 g/mol. The van der Waals surface area contributed by atoms with Crippen molar-refractivity contribution >= 4 is 39.6 Å². The van der Waals surface area contributed by atoms with Crippen molar-refractivity contribution in [2.75, 3.05) is 0 Å². The summed E-state index contributed by atoms with van der Waals surface area (Å²) in [5.74, 6) is 2.48. The second-order valence-corrected chi connectivity index (χ2v) is 12.8. The van der Waals surface area contributed by atoms with Crippen LogP contribution in [-0.2, 0) is 19.1 Å². The summed E-state index contributed by atoms with van der Waals surface area (Å²) < 4.78 is 0. The van der Waals surface area contributed by atoms with E-state index in [1.807, 2.05) is 11.3 Å². The summed E-state index contributed by atoms with van der Waals surface area (Å²) in [7, 11) is 9.30. The zero-order chi connectivity index (χ0) is 15.8. The molecule has 0 aliphatic carbocycles. The molecule has 0 spiro atoms. The third kappa shape index (κ3) is 9.06. The fourth-order valence-electron chi connectivity index (χ4n) is 2.16. The van der Waals surface area contributed by atoms with Crippen LogP contribution in [0.1, 0.15) is 46.4 Å². The van der Waals surface area contributed by atoms with Crippen molar-refractivity contribution < 1.29 is 12.7 Å². The monoisotopic (exact) mass is 396 g/mol. The van der Waals surface area contributed by atoms with Crippen molar-refractivity contribution in [1.82, 2.24) is 0 Å². The minimum atomic E-state index is -0.100. The number of rotatable bonds is 3. The van der Waals surface area contributed by atoms with Crippen molar-refractivity contribution in [3.8, 4) is 0 Å². The molecule has 0 aliphatic rings. The molecule has 0 radical (unpaired) electrons. The Labute approximate surface area is 144 Å². The fraction of sp³-hybridized carbons (Fsp3) is 0.600. The summed E-state index contributed by atoms with van der Waals surface area (Å²) in [6.45, 7) is 14.2. The van der Waals surface area contributed by atoms with Gasteiger partial charge in [0.1, 0.15) is 0 Å². The molecule has 0 fully saturated rings. The molecule has 1 aromatic rings. The summed E-state index contributed by atoms with van der Waals surface area (Å²) >= 11 is 2.41. The van der Waals surface area contributed by atoms with Crippen molar-refractivity contribution in [3.63, 3.8) is 0 Å². The van der Waals surface area contributed by atoms with Crippen molar-refractivity contribution in [1.29, 1.82) is 0 Å². The van der Waals surface area contributed by atoms with Crippen LogP contribution < -0.4 is 0 Å². The van der Waals surface area contributed by atoms with Gasteiger partial charge in [0.15, 0.2) is 0 Å². The van der Waals surface area contributed by atoms with Crippen LogP contribution in [0.15, 0.2) is 29.4 Å². The molecule has 0 saturated heterocycles. The van der Waals surface area contributed by atoms with Crippen molar-refractivity contribution in [3.05, 3.63) is 34.3 Å². The molecule has 0 saturated carbocycles. The average Bonchev–Trinajstić information content (AvgIpc) is 2.74. The Morgan fingerprint density at radius 1 is 1.15 bits per heavy atom. The van der Waals surface area contributed by atoms with Gasteiger partial charge in [-0.05, 0) is 21.8 Å². The van der Waals surface area contributed by atoms with Gasteiger partial charge in [0, 0.05) is 11.3 Å². The number of halogens is 2. The van der Waals surface area contributed by atoms with Crippen LogP contribution in [0, 0.1) is 0 Å². The van der Waals surface area contributed by atoms with E-state index in [1.54, 1.807) is 0 Å². The molecule has 0 aromatic carbocycles. The maximum atomic E-state index is 4.70. The van der Waals surface area contributed by atoms with E-state index >= 15 is 0 Å². The molecule has 0 nitrogen and oxygen atoms in total. The fourth-order valence-corrected chi connectivity index (χ4v) is 6.06. The van der Waals surface area contributed by atoms with E-state index in [-0.39, 0.29) is 7.92 Å².